The van der Waals surface area contributed by atoms with Crippen molar-refractivity contribution in [3.8, 4) is 0 Å². The fraction of sp³-hybridized carbons (Fsp3) is 0. The lowest BCUT2D eigenvalue weighted by Crippen LogP contribution is -2.19. The average molecular weight is 224 g/mol. The van der Waals surface area contributed by atoms with Crippen LogP contribution in [0, 0.1) is 0 Å². The van der Waals surface area contributed by atoms with Crippen molar-refractivity contribution in [2.45, 2.75) is 0 Å². The Labute approximate surface area is 92.2 Å². The summed E-state index contributed by atoms with van der Waals surface area (Å²) in [6.07, 6.45) is 0. The molecule has 0 aliphatic rings. The van der Waals surface area contributed by atoms with Gasteiger partial charge in [0.2, 0.25) is 0 Å². The first kappa shape index (κ1) is 11.4. The summed E-state index contributed by atoms with van der Waals surface area (Å²) in [5, 5.41) is 0. The van der Waals surface area contributed by atoms with E-state index in [1.54, 1.807) is 0 Å². The van der Waals surface area contributed by atoms with E-state index in [9.17, 15) is 0 Å². The van der Waals surface area contributed by atoms with Gasteiger partial charge in [-0.25, -0.2) is 0 Å². The predicted octanol–water partition coefficient (Wildman–Crippen LogP) is -1.90. The Balaban J connectivity index is 3.72. The van der Waals surface area contributed by atoms with Gasteiger partial charge in [-0.05, 0) is 0 Å². The molecular formula is C8H16N8. The van der Waals surface area contributed by atoms with E-state index in [1.807, 2.05) is 0 Å². The topological polar surface area (TPSA) is 208 Å². The molecule has 0 bridgehead atoms. The third-order valence-electron chi connectivity index (χ3n) is 2.28. The predicted molar refractivity (Wildman–Crippen MR) is 68.0 cm³/mol. The van der Waals surface area contributed by atoms with E-state index in [1.165, 1.54) is 0 Å². The minimum Gasteiger partial charge on any atom is -0.396 e. The van der Waals surface area contributed by atoms with Crippen LogP contribution in [0.15, 0.2) is 5.82 Å². The van der Waals surface area contributed by atoms with Crippen LogP contribution < -0.4 is 45.9 Å². The van der Waals surface area contributed by atoms with Crippen LogP contribution in [-0.2, 0) is 0 Å². The fourth-order valence-corrected chi connectivity index (χ4v) is 1.28. The summed E-state index contributed by atoms with van der Waals surface area (Å²) in [7, 11) is 0. The molecule has 0 radical (unpaired) electrons. The van der Waals surface area contributed by atoms with E-state index in [2.05, 4.69) is 0 Å². The number of hydrogen-bond donors (Lipinski definition) is 8. The first-order valence-electron chi connectivity index (χ1n) is 4.31. The van der Waals surface area contributed by atoms with Gasteiger partial charge in [0.05, 0.1) is 39.7 Å². The van der Waals surface area contributed by atoms with Gasteiger partial charge >= 0.3 is 0 Å². The maximum Gasteiger partial charge on any atom is 0.118 e. The van der Waals surface area contributed by atoms with Crippen LogP contribution in [0.25, 0.3) is 5.70 Å². The molecule has 0 saturated heterocycles. The summed E-state index contributed by atoms with van der Waals surface area (Å²) in [4.78, 5) is 0. The summed E-state index contributed by atoms with van der Waals surface area (Å²) in [6, 6.07) is 0. The van der Waals surface area contributed by atoms with Crippen LogP contribution in [-0.4, -0.2) is 0 Å². The molecule has 0 amide bonds. The molecule has 0 aliphatic heterocycles. The molecule has 0 unspecified atom stereocenters. The number of rotatable bonds is 1. The molecule has 1 rings (SSSR count). The quantitative estimate of drug-likeness (QED) is 0.252. The van der Waals surface area contributed by atoms with E-state index >= 15 is 0 Å². The van der Waals surface area contributed by atoms with E-state index in [-0.39, 0.29) is 45.5 Å². The molecule has 1 aromatic carbocycles. The molecule has 1 aromatic rings. The van der Waals surface area contributed by atoms with Gasteiger partial charge in [0.15, 0.2) is 0 Å². The molecule has 0 aromatic heterocycles. The Morgan fingerprint density at radius 1 is 0.562 bits per heavy atom. The van der Waals surface area contributed by atoms with Crippen molar-refractivity contribution >= 4 is 34.1 Å². The highest BCUT2D eigenvalue weighted by Gasteiger charge is 2.18. The van der Waals surface area contributed by atoms with Crippen molar-refractivity contribution in [2.75, 3.05) is 28.7 Å². The van der Waals surface area contributed by atoms with Gasteiger partial charge in [-0.2, -0.15) is 0 Å². The van der Waals surface area contributed by atoms with E-state index < -0.39 is 0 Å². The average Bonchev–Trinajstić information content (AvgIpc) is 2.23. The zero-order valence-electron chi connectivity index (χ0n) is 8.62. The van der Waals surface area contributed by atoms with Gasteiger partial charge in [-0.3, -0.25) is 0 Å². The fourth-order valence-electron chi connectivity index (χ4n) is 1.28. The van der Waals surface area contributed by atoms with Gasteiger partial charge in [0.25, 0.3) is 0 Å². The lowest BCUT2D eigenvalue weighted by Gasteiger charge is -2.17. The van der Waals surface area contributed by atoms with Crippen molar-refractivity contribution in [2.24, 2.45) is 17.2 Å². The van der Waals surface area contributed by atoms with Crippen LogP contribution in [0.3, 0.4) is 0 Å². The highest BCUT2D eigenvalue weighted by atomic mass is 14.9. The molecule has 88 valence electrons. The van der Waals surface area contributed by atoms with Crippen LogP contribution in [0.2, 0.25) is 0 Å². The van der Waals surface area contributed by atoms with Crippen molar-refractivity contribution in [1.29, 1.82) is 0 Å². The highest BCUT2D eigenvalue weighted by molar-refractivity contribution is 6.02. The standard InChI is InChI=1S/C8H16N8/c9-2-1(4(11)8(15)16)3(10)6(13)7(14)5(2)12/h9-16H2. The van der Waals surface area contributed by atoms with E-state index in [0.717, 1.165) is 0 Å². The molecule has 16 N–H and O–H groups in total. The molecule has 0 heterocycles. The lowest BCUT2D eigenvalue weighted by molar-refractivity contribution is 1.23. The van der Waals surface area contributed by atoms with E-state index in [0.29, 0.717) is 0 Å². The minimum absolute atomic E-state index is 0.0217. The van der Waals surface area contributed by atoms with Crippen LogP contribution >= 0.6 is 0 Å². The van der Waals surface area contributed by atoms with Gasteiger partial charge < -0.3 is 45.9 Å². The molecule has 0 saturated carbocycles. The van der Waals surface area contributed by atoms with E-state index in [4.69, 9.17) is 45.9 Å². The van der Waals surface area contributed by atoms with Gasteiger partial charge in [-0.1, -0.05) is 0 Å². The number of hydrogen-bond acceptors (Lipinski definition) is 8. The Morgan fingerprint density at radius 3 is 1.19 bits per heavy atom. The Hall–Kier alpha value is -2.64. The van der Waals surface area contributed by atoms with Gasteiger partial charge in [-0.15, -0.1) is 0 Å². The van der Waals surface area contributed by atoms with Crippen molar-refractivity contribution in [1.82, 2.24) is 0 Å². The highest BCUT2D eigenvalue weighted by Crippen LogP contribution is 2.40. The van der Waals surface area contributed by atoms with Crippen molar-refractivity contribution < 1.29 is 0 Å². The zero-order valence-corrected chi connectivity index (χ0v) is 8.62. The maximum atomic E-state index is 5.73. The smallest absolute Gasteiger partial charge is 0.118 e. The first-order valence-corrected chi connectivity index (χ1v) is 4.31. The maximum absolute atomic E-state index is 5.73. The third kappa shape index (κ3) is 1.41. The monoisotopic (exact) mass is 224 g/mol. The Kier molecular flexibility index (Phi) is 2.50. The SMILES string of the molecule is NC(N)=C(N)c1c(N)c(N)c(N)c(N)c1N. The molecule has 0 spiro atoms. The molecule has 8 heteroatoms. The molecule has 0 atom stereocenters. The second kappa shape index (κ2) is 3.50. The lowest BCUT2D eigenvalue weighted by atomic mass is 10.0. The summed E-state index contributed by atoms with van der Waals surface area (Å²) < 4.78 is 0. The number of anilines is 5. The molecule has 0 fully saturated rings. The van der Waals surface area contributed by atoms with Crippen LogP contribution in [0.1, 0.15) is 5.56 Å². The summed E-state index contributed by atoms with van der Waals surface area (Å²) in [6.45, 7) is 0. The van der Waals surface area contributed by atoms with Crippen molar-refractivity contribution in [3.63, 3.8) is 0 Å². The van der Waals surface area contributed by atoms with Crippen molar-refractivity contribution in [3.05, 3.63) is 11.4 Å². The Bertz CT molecular complexity index is 442. The van der Waals surface area contributed by atoms with Gasteiger partial charge in [0.1, 0.15) is 5.82 Å². The van der Waals surface area contributed by atoms with Gasteiger partial charge in [0, 0.05) is 0 Å². The molecular weight excluding hydrogens is 208 g/mol. The third-order valence-corrected chi connectivity index (χ3v) is 2.28. The Morgan fingerprint density at radius 2 is 0.875 bits per heavy atom. The summed E-state index contributed by atoms with van der Waals surface area (Å²) in [5.74, 6) is -0.123. The summed E-state index contributed by atoms with van der Waals surface area (Å²) >= 11 is 0. The van der Waals surface area contributed by atoms with Crippen LogP contribution in [0.5, 0.6) is 0 Å². The molecule has 0 aliphatic carbocycles. The molecule has 8 nitrogen and oxygen atoms in total. The largest absolute Gasteiger partial charge is 0.396 e. The zero-order chi connectivity index (χ0) is 12.6. The van der Waals surface area contributed by atoms with Crippen LogP contribution in [0.4, 0.5) is 28.4 Å². The first-order chi connectivity index (χ1) is 7.29. The number of benzene rings is 1. The second-order valence-corrected chi connectivity index (χ2v) is 3.31. The second-order valence-electron chi connectivity index (χ2n) is 3.31. The summed E-state index contributed by atoms with van der Waals surface area (Å²) in [5.41, 5.74) is 45.5. The normalized spacial score (nSPS) is 10.0. The number of nitrogen functional groups attached to an aromatic ring is 5. The number of nitrogens with two attached hydrogens (primary N) is 8. The molecule has 16 heavy (non-hydrogen) atoms. The minimum atomic E-state index is -0.123.